The summed E-state index contributed by atoms with van der Waals surface area (Å²) in [6, 6.07) is 17.1. The van der Waals surface area contributed by atoms with Gasteiger partial charge in [0.2, 0.25) is 0 Å². The fourth-order valence-corrected chi connectivity index (χ4v) is 8.66. The van der Waals surface area contributed by atoms with E-state index in [9.17, 15) is 10.5 Å². The Balaban J connectivity index is 1.25. The molecule has 0 saturated carbocycles. The molecule has 4 aliphatic rings. The molecule has 0 saturated heterocycles. The summed E-state index contributed by atoms with van der Waals surface area (Å²) in [4.78, 5) is 0. The maximum absolute atomic E-state index is 10.6. The van der Waals surface area contributed by atoms with Gasteiger partial charge < -0.3 is 9.13 Å². The van der Waals surface area contributed by atoms with Gasteiger partial charge in [0.15, 0.2) is 0 Å². The third kappa shape index (κ3) is 5.36. The van der Waals surface area contributed by atoms with Crippen molar-refractivity contribution in [3.05, 3.63) is 172 Å². The molecule has 4 nitrogen and oxygen atoms in total. The summed E-state index contributed by atoms with van der Waals surface area (Å²) < 4.78 is 4.98. The van der Waals surface area contributed by atoms with Gasteiger partial charge in [-0.1, -0.05) is 123 Å². The maximum atomic E-state index is 10.6. The highest BCUT2D eigenvalue weighted by molar-refractivity contribution is 5.94. The molecule has 4 unspecified atom stereocenters. The van der Waals surface area contributed by atoms with E-state index < -0.39 is 0 Å². The Labute approximate surface area is 300 Å². The average Bonchev–Trinajstić information content (AvgIpc) is 3.52. The highest BCUT2D eigenvalue weighted by Gasteiger charge is 2.32. The molecule has 2 heterocycles. The Hall–Kier alpha value is -6.10. The highest BCUT2D eigenvalue weighted by Crippen LogP contribution is 2.45. The number of allylic oxidation sites excluding steroid dienone is 13. The monoisotopic (exact) mass is 660 g/mol. The van der Waals surface area contributed by atoms with Crippen LogP contribution in [0.2, 0.25) is 0 Å². The first kappa shape index (κ1) is 32.1. The van der Waals surface area contributed by atoms with Gasteiger partial charge in [0, 0.05) is 57.0 Å². The van der Waals surface area contributed by atoms with Crippen LogP contribution in [0.15, 0.2) is 116 Å². The van der Waals surface area contributed by atoms with E-state index in [4.69, 9.17) is 0 Å². The van der Waals surface area contributed by atoms with Gasteiger partial charge in [-0.25, -0.2) is 0 Å². The summed E-state index contributed by atoms with van der Waals surface area (Å²) in [6.45, 7) is 8.51. The molecule has 51 heavy (non-hydrogen) atoms. The van der Waals surface area contributed by atoms with Crippen molar-refractivity contribution in [1.82, 2.24) is 9.13 Å². The molecule has 0 aliphatic heterocycles. The van der Waals surface area contributed by atoms with Gasteiger partial charge in [0.05, 0.1) is 35.3 Å². The molecule has 0 radical (unpaired) electrons. The SMILES string of the molecule is C=Cc1c(/C=C\C)n(C2C=CC=CC2c2c(C#N)cc(C#N)cc2C2=CCC(n3c4c(c5c3CC(C)C=C5)C=CC=CC4)C=C2)c2ccccc12. The lowest BCUT2D eigenvalue weighted by molar-refractivity contribution is 0.544. The summed E-state index contributed by atoms with van der Waals surface area (Å²) in [6.07, 6.45) is 37.9. The second-order valence-corrected chi connectivity index (χ2v) is 13.8. The fourth-order valence-electron chi connectivity index (χ4n) is 8.66. The van der Waals surface area contributed by atoms with Crippen LogP contribution < -0.4 is 0 Å². The van der Waals surface area contributed by atoms with Gasteiger partial charge in [-0.15, -0.1) is 0 Å². The zero-order valence-corrected chi connectivity index (χ0v) is 29.1. The van der Waals surface area contributed by atoms with Crippen LogP contribution in [0.25, 0.3) is 40.8 Å². The van der Waals surface area contributed by atoms with E-state index in [0.29, 0.717) is 17.0 Å². The maximum Gasteiger partial charge on any atom is 0.0995 e. The Morgan fingerprint density at radius 1 is 0.882 bits per heavy atom. The lowest BCUT2D eigenvalue weighted by Crippen LogP contribution is -2.20. The first-order valence-corrected chi connectivity index (χ1v) is 17.9. The van der Waals surface area contributed by atoms with E-state index >= 15 is 0 Å². The number of hydrogen-bond acceptors (Lipinski definition) is 2. The van der Waals surface area contributed by atoms with Crippen molar-refractivity contribution in [2.24, 2.45) is 5.92 Å². The fraction of sp³-hybridized carbons (Fsp3) is 0.191. The van der Waals surface area contributed by atoms with Crippen LogP contribution in [0.3, 0.4) is 0 Å². The van der Waals surface area contributed by atoms with Gasteiger partial charge in [0.1, 0.15) is 0 Å². The first-order chi connectivity index (χ1) is 25.1. The van der Waals surface area contributed by atoms with Crippen LogP contribution >= 0.6 is 0 Å². The number of para-hydroxylation sites is 1. The van der Waals surface area contributed by atoms with E-state index in [1.807, 2.05) is 19.1 Å². The van der Waals surface area contributed by atoms with Gasteiger partial charge in [0.25, 0.3) is 0 Å². The zero-order chi connectivity index (χ0) is 35.1. The normalized spacial score (nSPS) is 21.7. The van der Waals surface area contributed by atoms with Crippen LogP contribution in [0.4, 0.5) is 0 Å². The largest absolute Gasteiger partial charge is 0.340 e. The third-order valence-corrected chi connectivity index (χ3v) is 10.8. The summed E-state index contributed by atoms with van der Waals surface area (Å²) in [5, 5.41) is 21.9. The highest BCUT2D eigenvalue weighted by atomic mass is 15.0. The Morgan fingerprint density at radius 2 is 1.73 bits per heavy atom. The lowest BCUT2D eigenvalue weighted by atomic mass is 9.79. The minimum Gasteiger partial charge on any atom is -0.340 e. The summed E-state index contributed by atoms with van der Waals surface area (Å²) in [7, 11) is 0. The van der Waals surface area contributed by atoms with Crippen molar-refractivity contribution in [1.29, 1.82) is 10.5 Å². The van der Waals surface area contributed by atoms with Crippen LogP contribution in [0.1, 0.15) is 94.3 Å². The molecule has 4 aliphatic carbocycles. The van der Waals surface area contributed by atoms with E-state index in [0.717, 1.165) is 58.1 Å². The van der Waals surface area contributed by atoms with Crippen LogP contribution in [-0.4, -0.2) is 9.13 Å². The predicted molar refractivity (Wildman–Crippen MR) is 212 cm³/mol. The van der Waals surface area contributed by atoms with Crippen molar-refractivity contribution >= 4 is 40.8 Å². The molecule has 4 heteroatoms. The number of aromatic nitrogens is 2. The molecule has 8 rings (SSSR count). The van der Waals surface area contributed by atoms with E-state index in [2.05, 4.69) is 150 Å². The van der Waals surface area contributed by atoms with Gasteiger partial charge in [-0.05, 0) is 66.7 Å². The van der Waals surface area contributed by atoms with E-state index in [1.165, 1.54) is 22.5 Å². The quantitative estimate of drug-likeness (QED) is 0.207. The minimum absolute atomic E-state index is 0.113. The average molecular weight is 661 g/mol. The van der Waals surface area contributed by atoms with Crippen LogP contribution in [0, 0.1) is 28.6 Å². The lowest BCUT2D eigenvalue weighted by Gasteiger charge is -2.31. The molecule has 2 aromatic carbocycles. The van der Waals surface area contributed by atoms with Crippen LogP contribution in [0.5, 0.6) is 0 Å². The van der Waals surface area contributed by atoms with Gasteiger partial charge in [-0.2, -0.15) is 10.5 Å². The minimum atomic E-state index is -0.156. The molecule has 4 atom stereocenters. The second-order valence-electron chi connectivity index (χ2n) is 13.8. The predicted octanol–water partition coefficient (Wildman–Crippen LogP) is 11.2. The number of nitrogens with zero attached hydrogens (tertiary/aromatic N) is 4. The molecule has 248 valence electrons. The standard InChI is InChI=1S/C47H40N4/c1-4-13-42-36(5-2)37-15-9-11-18-44(37)51(42)45-19-12-10-16-40(45)47-34(30-49)27-32(29-48)28-41(47)33-21-23-35(24-22-33)50-43-17-8-6-7-14-38(43)39-25-20-31(3)26-46(39)50/h4-16,18-23,25,27-28,31,35,40,45H,2,17,24,26H2,1,3H3/b13-4-. The molecule has 4 aromatic rings. The number of rotatable bonds is 6. The Morgan fingerprint density at radius 3 is 2.51 bits per heavy atom. The van der Waals surface area contributed by atoms with Crippen molar-refractivity contribution in [3.8, 4) is 12.1 Å². The number of benzene rings is 2. The molecular weight excluding hydrogens is 621 g/mol. The zero-order valence-electron chi connectivity index (χ0n) is 29.1. The summed E-state index contributed by atoms with van der Waals surface area (Å²) in [5.74, 6) is 0.337. The Kier molecular flexibility index (Phi) is 8.39. The molecule has 2 aromatic heterocycles. The molecule has 0 N–H and O–H groups in total. The summed E-state index contributed by atoms with van der Waals surface area (Å²) in [5.41, 5.74) is 12.7. The van der Waals surface area contributed by atoms with Gasteiger partial charge in [-0.3, -0.25) is 0 Å². The number of nitriles is 2. The molecule has 0 bridgehead atoms. The summed E-state index contributed by atoms with van der Waals surface area (Å²) >= 11 is 0. The van der Waals surface area contributed by atoms with E-state index in [-0.39, 0.29) is 18.0 Å². The van der Waals surface area contributed by atoms with Crippen molar-refractivity contribution < 1.29 is 0 Å². The topological polar surface area (TPSA) is 57.4 Å². The number of fused-ring (bicyclic) bond motifs is 4. The molecule has 0 spiro atoms. The molecule has 0 amide bonds. The van der Waals surface area contributed by atoms with Crippen molar-refractivity contribution in [3.63, 3.8) is 0 Å². The first-order valence-electron chi connectivity index (χ1n) is 17.9. The second kappa shape index (κ2) is 13.3. The Bertz CT molecular complexity index is 2430. The molecule has 0 fully saturated rings. The van der Waals surface area contributed by atoms with E-state index in [1.54, 1.807) is 6.07 Å². The smallest absolute Gasteiger partial charge is 0.0995 e. The van der Waals surface area contributed by atoms with Gasteiger partial charge >= 0.3 is 0 Å². The van der Waals surface area contributed by atoms with Crippen molar-refractivity contribution in [2.75, 3.05) is 0 Å². The third-order valence-electron chi connectivity index (χ3n) is 10.8. The molecular formula is C47H40N4. The van der Waals surface area contributed by atoms with Crippen molar-refractivity contribution in [2.45, 2.75) is 51.1 Å². The van der Waals surface area contributed by atoms with Crippen LogP contribution in [-0.2, 0) is 12.8 Å². The number of hydrogen-bond donors (Lipinski definition) is 0.